The first-order valence-electron chi connectivity index (χ1n) is 9.65. The zero-order valence-electron chi connectivity index (χ0n) is 16.9. The highest BCUT2D eigenvalue weighted by molar-refractivity contribution is 6.31. The van der Waals surface area contributed by atoms with Gasteiger partial charge in [0.15, 0.2) is 0 Å². The predicted molar refractivity (Wildman–Crippen MR) is 112 cm³/mol. The Balaban J connectivity index is 2.66. The quantitative estimate of drug-likeness (QED) is 0.516. The van der Waals surface area contributed by atoms with Gasteiger partial charge in [-0.3, -0.25) is 0 Å². The Morgan fingerprint density at radius 1 is 0.923 bits per heavy atom. The number of benzene rings is 2. The Morgan fingerprint density at radius 3 is 1.92 bits per heavy atom. The maximum atomic E-state index is 9.69. The van der Waals surface area contributed by atoms with Crippen LogP contribution in [0.5, 0.6) is 0 Å². The highest BCUT2D eigenvalue weighted by Crippen LogP contribution is 2.42. The third-order valence-electron chi connectivity index (χ3n) is 5.72. The molecule has 0 saturated carbocycles. The summed E-state index contributed by atoms with van der Waals surface area (Å²) < 4.78 is 0. The van der Waals surface area contributed by atoms with Gasteiger partial charge < -0.3 is 0 Å². The van der Waals surface area contributed by atoms with Crippen molar-refractivity contribution in [3.05, 3.63) is 69.2 Å². The van der Waals surface area contributed by atoms with E-state index < -0.39 is 0 Å². The van der Waals surface area contributed by atoms with Crippen molar-refractivity contribution in [1.29, 1.82) is 5.26 Å². The molecule has 0 spiro atoms. The van der Waals surface area contributed by atoms with Gasteiger partial charge in [-0.15, -0.1) is 0 Å². The van der Waals surface area contributed by atoms with E-state index in [9.17, 15) is 5.26 Å². The summed E-state index contributed by atoms with van der Waals surface area (Å²) in [6.45, 7) is 13.0. The van der Waals surface area contributed by atoms with Gasteiger partial charge in [-0.25, -0.2) is 0 Å². The van der Waals surface area contributed by atoms with Gasteiger partial charge in [0.05, 0.1) is 11.6 Å². The molecule has 138 valence electrons. The van der Waals surface area contributed by atoms with Crippen molar-refractivity contribution in [2.24, 2.45) is 0 Å². The molecule has 0 fully saturated rings. The van der Waals surface area contributed by atoms with Crippen molar-refractivity contribution in [3.63, 3.8) is 0 Å². The Bertz CT molecular complexity index is 790. The molecular formula is C24H30ClN. The molecule has 0 aromatic heterocycles. The number of nitriles is 1. The van der Waals surface area contributed by atoms with E-state index in [2.05, 4.69) is 84.0 Å². The van der Waals surface area contributed by atoms with Crippen LogP contribution in [0.1, 0.15) is 94.0 Å². The highest BCUT2D eigenvalue weighted by Gasteiger charge is 2.32. The molecule has 0 bridgehead atoms. The van der Waals surface area contributed by atoms with Crippen molar-refractivity contribution < 1.29 is 0 Å². The lowest BCUT2D eigenvalue weighted by Crippen LogP contribution is -2.26. The fourth-order valence-corrected chi connectivity index (χ4v) is 4.43. The summed E-state index contributed by atoms with van der Waals surface area (Å²) in [6, 6.07) is 15.5. The highest BCUT2D eigenvalue weighted by atomic mass is 35.5. The third kappa shape index (κ3) is 3.67. The summed E-state index contributed by atoms with van der Waals surface area (Å²) in [6.07, 6.45) is 1.93. The molecule has 1 nitrogen and oxygen atoms in total. The van der Waals surface area contributed by atoms with Crippen LogP contribution in [0, 0.1) is 11.3 Å². The third-order valence-corrected chi connectivity index (χ3v) is 6.03. The summed E-state index contributed by atoms with van der Waals surface area (Å²) in [5, 5.41) is 10.4. The van der Waals surface area contributed by atoms with Crippen molar-refractivity contribution in [1.82, 2.24) is 0 Å². The zero-order chi connectivity index (χ0) is 19.5. The maximum Gasteiger partial charge on any atom is 0.0995 e. The van der Waals surface area contributed by atoms with Crippen LogP contribution < -0.4 is 0 Å². The molecule has 0 heterocycles. The number of nitrogens with zero attached hydrogens (tertiary/aromatic N) is 1. The molecule has 2 rings (SSSR count). The smallest absolute Gasteiger partial charge is 0.0995 e. The minimum Gasteiger partial charge on any atom is -0.192 e. The minimum atomic E-state index is -0.125. The molecule has 0 radical (unpaired) electrons. The summed E-state index contributed by atoms with van der Waals surface area (Å²) >= 11 is 6.63. The lowest BCUT2D eigenvalue weighted by Gasteiger charge is -2.34. The number of hydrogen-bond acceptors (Lipinski definition) is 1. The normalized spacial score (nSPS) is 11.8. The monoisotopic (exact) mass is 367 g/mol. The average Bonchev–Trinajstić information content (AvgIpc) is 2.62. The van der Waals surface area contributed by atoms with Crippen LogP contribution in [-0.4, -0.2) is 0 Å². The summed E-state index contributed by atoms with van der Waals surface area (Å²) in [4.78, 5) is 0. The van der Waals surface area contributed by atoms with Crippen LogP contribution >= 0.6 is 11.6 Å². The topological polar surface area (TPSA) is 23.8 Å². The fourth-order valence-electron chi connectivity index (χ4n) is 3.99. The molecule has 0 aliphatic rings. The molecule has 0 amide bonds. The first-order valence-corrected chi connectivity index (χ1v) is 10.0. The van der Waals surface area contributed by atoms with E-state index in [1.54, 1.807) is 0 Å². The number of halogens is 1. The van der Waals surface area contributed by atoms with E-state index in [0.717, 1.165) is 24.0 Å². The summed E-state index contributed by atoms with van der Waals surface area (Å²) in [5.41, 5.74) is 5.32. The molecule has 0 unspecified atom stereocenters. The van der Waals surface area contributed by atoms with Gasteiger partial charge in [0.2, 0.25) is 0 Å². The average molecular weight is 368 g/mol. The van der Waals surface area contributed by atoms with Crippen molar-refractivity contribution >= 4 is 11.6 Å². The van der Waals surface area contributed by atoms with Crippen molar-refractivity contribution in [2.75, 3.05) is 0 Å². The van der Waals surface area contributed by atoms with E-state index in [1.165, 1.54) is 11.1 Å². The number of hydrogen-bond donors (Lipinski definition) is 0. The van der Waals surface area contributed by atoms with Gasteiger partial charge in [0, 0.05) is 10.4 Å². The largest absolute Gasteiger partial charge is 0.192 e. The Kier molecular flexibility index (Phi) is 6.53. The minimum absolute atomic E-state index is 0.125. The predicted octanol–water partition coefficient (Wildman–Crippen LogP) is 7.56. The molecule has 0 aliphatic carbocycles. The van der Waals surface area contributed by atoms with E-state index in [4.69, 9.17) is 11.6 Å². The Morgan fingerprint density at radius 2 is 1.50 bits per heavy atom. The van der Waals surface area contributed by atoms with Crippen LogP contribution in [0.4, 0.5) is 0 Å². The molecule has 0 N–H and O–H groups in total. The summed E-state index contributed by atoms with van der Waals surface area (Å²) in [7, 11) is 0. The number of rotatable bonds is 6. The molecule has 2 aromatic rings. The SMILES string of the molecule is CCC(CC)(c1ccc(C(C)C)cc1)c1cc(Cl)c(C(C)C)c(C#N)c1. The van der Waals surface area contributed by atoms with Gasteiger partial charge >= 0.3 is 0 Å². The second-order valence-electron chi connectivity index (χ2n) is 7.75. The van der Waals surface area contributed by atoms with E-state index in [0.29, 0.717) is 16.5 Å². The Hall–Kier alpha value is -1.78. The van der Waals surface area contributed by atoms with Gasteiger partial charge in [-0.2, -0.15) is 5.26 Å². The maximum absolute atomic E-state index is 9.69. The van der Waals surface area contributed by atoms with Gasteiger partial charge in [-0.05, 0) is 59.1 Å². The molecular weight excluding hydrogens is 338 g/mol. The van der Waals surface area contributed by atoms with Gasteiger partial charge in [0.25, 0.3) is 0 Å². The van der Waals surface area contributed by atoms with E-state index in [1.807, 2.05) is 0 Å². The van der Waals surface area contributed by atoms with Crippen molar-refractivity contribution in [2.45, 2.75) is 71.6 Å². The second kappa shape index (κ2) is 8.28. The van der Waals surface area contributed by atoms with Gasteiger partial charge in [0.1, 0.15) is 0 Å². The van der Waals surface area contributed by atoms with Gasteiger partial charge in [-0.1, -0.05) is 77.4 Å². The second-order valence-corrected chi connectivity index (χ2v) is 8.16. The first kappa shape index (κ1) is 20.5. The van der Waals surface area contributed by atoms with Crippen LogP contribution in [0.15, 0.2) is 36.4 Å². The molecule has 0 aliphatic heterocycles. The molecule has 26 heavy (non-hydrogen) atoms. The van der Waals surface area contributed by atoms with Crippen molar-refractivity contribution in [3.8, 4) is 6.07 Å². The van der Waals surface area contributed by atoms with Crippen LogP contribution in [0.2, 0.25) is 5.02 Å². The van der Waals surface area contributed by atoms with Crippen LogP contribution in [-0.2, 0) is 5.41 Å². The molecule has 0 atom stereocenters. The first-order chi connectivity index (χ1) is 12.3. The Labute approximate surface area is 164 Å². The zero-order valence-corrected chi connectivity index (χ0v) is 17.6. The lowest BCUT2D eigenvalue weighted by atomic mass is 9.69. The fraction of sp³-hybridized carbons (Fsp3) is 0.458. The van der Waals surface area contributed by atoms with E-state index >= 15 is 0 Å². The molecule has 2 aromatic carbocycles. The van der Waals surface area contributed by atoms with Crippen LogP contribution in [0.3, 0.4) is 0 Å². The van der Waals surface area contributed by atoms with E-state index in [-0.39, 0.29) is 11.3 Å². The molecule has 0 saturated heterocycles. The standard InChI is InChI=1S/C24H30ClN/c1-7-24(8-2,20-11-9-18(10-12-20)16(3)4)21-13-19(15-26)23(17(5)6)22(25)14-21/h9-14,16-17H,7-8H2,1-6H3. The summed E-state index contributed by atoms with van der Waals surface area (Å²) in [5.74, 6) is 0.751. The molecule has 2 heteroatoms. The van der Waals surface area contributed by atoms with Crippen LogP contribution in [0.25, 0.3) is 0 Å². The lowest BCUT2D eigenvalue weighted by molar-refractivity contribution is 0.478.